The minimum absolute atomic E-state index is 0.0945. The summed E-state index contributed by atoms with van der Waals surface area (Å²) in [6.45, 7) is 0. The van der Waals surface area contributed by atoms with Gasteiger partial charge in [0.2, 0.25) is 0 Å². The van der Waals surface area contributed by atoms with Crippen LogP contribution in [0.25, 0.3) is 0 Å². The van der Waals surface area contributed by atoms with Gasteiger partial charge in [-0.25, -0.2) is 9.37 Å². The Morgan fingerprint density at radius 1 is 1.39 bits per heavy atom. The van der Waals surface area contributed by atoms with Crippen LogP contribution >= 0.6 is 23.4 Å². The zero-order chi connectivity index (χ0) is 13.3. The Kier molecular flexibility index (Phi) is 4.29. The first kappa shape index (κ1) is 13.8. The van der Waals surface area contributed by atoms with Crippen LogP contribution < -0.4 is 4.74 Å². The molecule has 1 aliphatic rings. The van der Waals surface area contributed by atoms with E-state index in [0.29, 0.717) is 0 Å². The summed E-state index contributed by atoms with van der Waals surface area (Å²) in [6.07, 6.45) is -2.35. The second kappa shape index (κ2) is 5.58. The molecule has 0 unspecified atom stereocenters. The van der Waals surface area contributed by atoms with E-state index in [1.54, 1.807) is 0 Å². The zero-order valence-electron chi connectivity index (χ0n) is 9.03. The van der Waals surface area contributed by atoms with Crippen molar-refractivity contribution in [2.45, 2.75) is 23.7 Å². The second-order valence-electron chi connectivity index (χ2n) is 3.81. The average molecular weight is 296 g/mol. The van der Waals surface area contributed by atoms with Crippen molar-refractivity contribution in [3.8, 4) is 5.75 Å². The summed E-state index contributed by atoms with van der Waals surface area (Å²) in [4.78, 5) is 3.57. The van der Waals surface area contributed by atoms with Gasteiger partial charge < -0.3 is 20.1 Å². The molecule has 5 nitrogen and oxygen atoms in total. The van der Waals surface area contributed by atoms with E-state index in [1.807, 2.05) is 0 Å². The van der Waals surface area contributed by atoms with E-state index in [9.17, 15) is 19.7 Å². The monoisotopic (exact) mass is 295 g/mol. The summed E-state index contributed by atoms with van der Waals surface area (Å²) in [5, 5.41) is 28.3. The minimum Gasteiger partial charge on any atom is -0.475 e. The summed E-state index contributed by atoms with van der Waals surface area (Å²) in [7, 11) is 0. The normalized spacial score (nSPS) is 32.3. The number of thioether (sulfide) groups is 1. The molecule has 4 atom stereocenters. The van der Waals surface area contributed by atoms with Gasteiger partial charge in [0.25, 0.3) is 0 Å². The quantitative estimate of drug-likeness (QED) is 0.686. The number of hydrogen-bond donors (Lipinski definition) is 3. The van der Waals surface area contributed by atoms with E-state index in [0.717, 1.165) is 17.8 Å². The van der Waals surface area contributed by atoms with Crippen molar-refractivity contribution >= 4 is 23.4 Å². The summed E-state index contributed by atoms with van der Waals surface area (Å²) < 4.78 is 18.4. The SMILES string of the molecule is O[C@@H]1[C@@H](O)[C@@H](Oc2cnc(Cl)c(F)c2)SC[C@H]1O. The van der Waals surface area contributed by atoms with E-state index in [2.05, 4.69) is 4.98 Å². The molecular formula is C10H11ClFNO4S. The van der Waals surface area contributed by atoms with Crippen molar-refractivity contribution in [2.24, 2.45) is 0 Å². The number of ether oxygens (including phenoxy) is 1. The Labute approximate surface area is 112 Å². The molecule has 18 heavy (non-hydrogen) atoms. The Morgan fingerprint density at radius 2 is 2.11 bits per heavy atom. The third kappa shape index (κ3) is 2.86. The van der Waals surface area contributed by atoms with Crippen molar-refractivity contribution < 1.29 is 24.4 Å². The lowest BCUT2D eigenvalue weighted by Gasteiger charge is -2.34. The fraction of sp³-hybridized carbons (Fsp3) is 0.500. The van der Waals surface area contributed by atoms with Gasteiger partial charge in [-0.2, -0.15) is 0 Å². The standard InChI is InChI=1S/C10H11ClFNO4S/c11-9-5(12)1-4(2-13-9)17-10-8(16)7(15)6(14)3-18-10/h1-2,6-8,10,14-16H,3H2/t6-,7+,8-,10+/m1/s1. The molecule has 1 aromatic heterocycles. The molecule has 8 heteroatoms. The molecule has 0 bridgehead atoms. The smallest absolute Gasteiger partial charge is 0.173 e. The molecule has 1 aromatic rings. The average Bonchev–Trinajstić information content (AvgIpc) is 2.34. The highest BCUT2D eigenvalue weighted by Crippen LogP contribution is 2.29. The van der Waals surface area contributed by atoms with Gasteiger partial charge in [0.1, 0.15) is 18.0 Å². The Morgan fingerprint density at radius 3 is 2.78 bits per heavy atom. The summed E-state index contributed by atoms with van der Waals surface area (Å²) >= 11 is 6.55. The van der Waals surface area contributed by atoms with Crippen LogP contribution in [0.2, 0.25) is 5.15 Å². The maximum Gasteiger partial charge on any atom is 0.173 e. The highest BCUT2D eigenvalue weighted by atomic mass is 35.5. The largest absolute Gasteiger partial charge is 0.475 e. The van der Waals surface area contributed by atoms with Crippen LogP contribution in [-0.2, 0) is 0 Å². The van der Waals surface area contributed by atoms with Crippen molar-refractivity contribution in [3.63, 3.8) is 0 Å². The fourth-order valence-corrected chi connectivity index (χ4v) is 2.71. The van der Waals surface area contributed by atoms with Crippen LogP contribution in [-0.4, -0.2) is 49.8 Å². The number of halogens is 2. The Balaban J connectivity index is 2.07. The van der Waals surface area contributed by atoms with Gasteiger partial charge in [0.05, 0.1) is 12.3 Å². The molecule has 0 saturated carbocycles. The van der Waals surface area contributed by atoms with Crippen molar-refractivity contribution in [3.05, 3.63) is 23.2 Å². The summed E-state index contributed by atoms with van der Waals surface area (Å²) in [5.74, 6) is -0.422. The van der Waals surface area contributed by atoms with Gasteiger partial charge in [-0.3, -0.25) is 0 Å². The minimum atomic E-state index is -1.29. The van der Waals surface area contributed by atoms with Gasteiger partial charge in [-0.15, -0.1) is 11.8 Å². The molecule has 100 valence electrons. The third-order valence-corrected chi connectivity index (χ3v) is 3.99. The van der Waals surface area contributed by atoms with Gasteiger partial charge in [-0.1, -0.05) is 11.6 Å². The van der Waals surface area contributed by atoms with E-state index in [4.69, 9.17) is 16.3 Å². The number of nitrogens with zero attached hydrogens (tertiary/aromatic N) is 1. The molecule has 1 fully saturated rings. The van der Waals surface area contributed by atoms with Crippen molar-refractivity contribution in [1.29, 1.82) is 0 Å². The molecule has 0 radical (unpaired) electrons. The predicted octanol–water partition coefficient (Wildman–Crippen LogP) is 0.408. The van der Waals surface area contributed by atoms with Crippen molar-refractivity contribution in [1.82, 2.24) is 4.98 Å². The topological polar surface area (TPSA) is 82.8 Å². The van der Waals surface area contributed by atoms with Crippen molar-refractivity contribution in [2.75, 3.05) is 5.75 Å². The molecule has 0 amide bonds. The second-order valence-corrected chi connectivity index (χ2v) is 5.30. The lowest BCUT2D eigenvalue weighted by Crippen LogP contribution is -2.50. The number of hydrogen-bond acceptors (Lipinski definition) is 6. The number of aliphatic hydroxyl groups is 3. The molecule has 1 saturated heterocycles. The number of aliphatic hydroxyl groups excluding tert-OH is 3. The highest BCUT2D eigenvalue weighted by Gasteiger charge is 2.38. The molecule has 0 aliphatic carbocycles. The fourth-order valence-electron chi connectivity index (χ4n) is 1.49. The maximum atomic E-state index is 13.1. The van der Waals surface area contributed by atoms with Gasteiger partial charge in [0, 0.05) is 11.8 Å². The van der Waals surface area contributed by atoms with Crippen LogP contribution in [0.15, 0.2) is 12.3 Å². The van der Waals surface area contributed by atoms with Crippen LogP contribution in [0, 0.1) is 5.82 Å². The first-order valence-corrected chi connectivity index (χ1v) is 6.55. The van der Waals surface area contributed by atoms with Gasteiger partial charge in [-0.05, 0) is 0 Å². The molecule has 0 aromatic carbocycles. The number of pyridine rings is 1. The first-order valence-electron chi connectivity index (χ1n) is 5.12. The van der Waals surface area contributed by atoms with Crippen LogP contribution in [0.3, 0.4) is 0 Å². The number of rotatable bonds is 2. The molecule has 1 aliphatic heterocycles. The Bertz CT molecular complexity index is 438. The lowest BCUT2D eigenvalue weighted by atomic mass is 10.1. The summed E-state index contributed by atoms with van der Waals surface area (Å²) in [5.41, 5.74) is -0.800. The molecular weight excluding hydrogens is 285 g/mol. The Hall–Kier alpha value is -0.600. The van der Waals surface area contributed by atoms with Gasteiger partial charge in [0.15, 0.2) is 16.4 Å². The van der Waals surface area contributed by atoms with E-state index in [1.165, 1.54) is 6.20 Å². The molecule has 2 heterocycles. The van der Waals surface area contributed by atoms with E-state index in [-0.39, 0.29) is 16.7 Å². The first-order chi connectivity index (χ1) is 8.49. The molecule has 3 N–H and O–H groups in total. The zero-order valence-corrected chi connectivity index (χ0v) is 10.6. The highest BCUT2D eigenvalue weighted by molar-refractivity contribution is 7.99. The predicted molar refractivity (Wildman–Crippen MR) is 64.1 cm³/mol. The summed E-state index contributed by atoms with van der Waals surface area (Å²) in [6, 6.07) is 1.04. The van der Waals surface area contributed by atoms with E-state index < -0.39 is 29.6 Å². The van der Waals surface area contributed by atoms with Crippen LogP contribution in [0.1, 0.15) is 0 Å². The lowest BCUT2D eigenvalue weighted by molar-refractivity contribution is -0.0786. The van der Waals surface area contributed by atoms with Crippen LogP contribution in [0.5, 0.6) is 5.75 Å². The number of aromatic nitrogens is 1. The molecule has 2 rings (SSSR count). The molecule has 0 spiro atoms. The maximum absolute atomic E-state index is 13.1. The van der Waals surface area contributed by atoms with Crippen LogP contribution in [0.4, 0.5) is 4.39 Å². The van der Waals surface area contributed by atoms with E-state index >= 15 is 0 Å². The third-order valence-electron chi connectivity index (χ3n) is 2.48. The van der Waals surface area contributed by atoms with Gasteiger partial charge >= 0.3 is 0 Å².